The van der Waals surface area contributed by atoms with E-state index >= 15 is 0 Å². The fraction of sp³-hybridized carbons (Fsp3) is 0.0435. The topological polar surface area (TPSA) is 96.3 Å². The molecule has 8 heteroatoms. The Bertz CT molecular complexity index is 1280. The third-order valence-electron chi connectivity index (χ3n) is 4.20. The lowest BCUT2D eigenvalue weighted by atomic mass is 10.1. The van der Waals surface area contributed by atoms with Gasteiger partial charge in [0.05, 0.1) is 0 Å². The van der Waals surface area contributed by atoms with E-state index in [1.54, 1.807) is 42.5 Å². The standard InChI is InChI=1S/C23H17IN2O4S/c1-16-6-12-21(13-7-16)31(28,29)30-22-5-3-2-4-17(22)14-18(15-25)23(27)26-20-10-8-19(24)9-11-20/h2-14H,1H3,(H,26,27)/b18-14-. The van der Waals surface area contributed by atoms with Crippen molar-refractivity contribution in [2.24, 2.45) is 0 Å². The molecule has 156 valence electrons. The molecule has 1 amide bonds. The highest BCUT2D eigenvalue weighted by Gasteiger charge is 2.19. The highest BCUT2D eigenvalue weighted by atomic mass is 127. The number of nitrogens with zero attached hydrogens (tertiary/aromatic N) is 1. The zero-order valence-corrected chi connectivity index (χ0v) is 19.3. The van der Waals surface area contributed by atoms with E-state index in [0.29, 0.717) is 5.69 Å². The summed E-state index contributed by atoms with van der Waals surface area (Å²) in [4.78, 5) is 12.5. The lowest BCUT2D eigenvalue weighted by molar-refractivity contribution is -0.112. The van der Waals surface area contributed by atoms with Crippen LogP contribution in [0.4, 0.5) is 5.69 Å². The predicted molar refractivity (Wildman–Crippen MR) is 127 cm³/mol. The van der Waals surface area contributed by atoms with Crippen molar-refractivity contribution in [1.29, 1.82) is 5.26 Å². The Morgan fingerprint density at radius 1 is 1.03 bits per heavy atom. The minimum atomic E-state index is -4.08. The second kappa shape index (κ2) is 9.76. The second-order valence-electron chi connectivity index (χ2n) is 6.52. The molecule has 3 aromatic rings. The molecule has 6 nitrogen and oxygen atoms in total. The second-order valence-corrected chi connectivity index (χ2v) is 9.31. The monoisotopic (exact) mass is 544 g/mol. The SMILES string of the molecule is Cc1ccc(S(=O)(=O)Oc2ccccc2/C=C(/C#N)C(=O)Nc2ccc(I)cc2)cc1. The smallest absolute Gasteiger partial charge is 0.339 e. The van der Waals surface area contributed by atoms with Crippen molar-refractivity contribution in [3.63, 3.8) is 0 Å². The normalized spacial score (nSPS) is 11.5. The van der Waals surface area contributed by atoms with Gasteiger partial charge in [0, 0.05) is 14.8 Å². The van der Waals surface area contributed by atoms with E-state index in [1.807, 2.05) is 25.1 Å². The largest absolute Gasteiger partial charge is 0.378 e. The molecule has 0 fully saturated rings. The number of benzene rings is 3. The Morgan fingerprint density at radius 3 is 2.32 bits per heavy atom. The number of nitriles is 1. The van der Waals surface area contributed by atoms with Crippen LogP contribution in [0.1, 0.15) is 11.1 Å². The molecule has 0 unspecified atom stereocenters. The van der Waals surface area contributed by atoms with Crippen molar-refractivity contribution in [1.82, 2.24) is 0 Å². The Balaban J connectivity index is 1.88. The van der Waals surface area contributed by atoms with E-state index in [4.69, 9.17) is 4.18 Å². The molecular formula is C23H17IN2O4S. The first-order valence-corrected chi connectivity index (χ1v) is 11.6. The highest BCUT2D eigenvalue weighted by Crippen LogP contribution is 2.25. The van der Waals surface area contributed by atoms with Crippen LogP contribution in [0.5, 0.6) is 5.75 Å². The van der Waals surface area contributed by atoms with Crippen LogP contribution in [-0.2, 0) is 14.9 Å². The average molecular weight is 544 g/mol. The zero-order chi connectivity index (χ0) is 22.4. The van der Waals surface area contributed by atoms with Crippen molar-refractivity contribution in [2.45, 2.75) is 11.8 Å². The maximum Gasteiger partial charge on any atom is 0.339 e. The summed E-state index contributed by atoms with van der Waals surface area (Å²) >= 11 is 2.15. The number of nitrogens with one attached hydrogen (secondary N) is 1. The van der Waals surface area contributed by atoms with E-state index < -0.39 is 16.0 Å². The van der Waals surface area contributed by atoms with E-state index in [1.165, 1.54) is 24.3 Å². The molecule has 0 aromatic heterocycles. The van der Waals surface area contributed by atoms with Crippen LogP contribution in [0.2, 0.25) is 0 Å². The number of hydrogen-bond acceptors (Lipinski definition) is 5. The summed E-state index contributed by atoms with van der Waals surface area (Å²) in [7, 11) is -4.08. The number of carbonyl (C=O) groups excluding carboxylic acids is 1. The first-order chi connectivity index (χ1) is 14.8. The number of halogens is 1. The number of para-hydroxylation sites is 1. The Morgan fingerprint density at radius 2 is 1.68 bits per heavy atom. The Kier molecular flexibility index (Phi) is 7.09. The van der Waals surface area contributed by atoms with Gasteiger partial charge in [-0.25, -0.2) is 0 Å². The van der Waals surface area contributed by atoms with Crippen LogP contribution in [0.15, 0.2) is 83.3 Å². The molecule has 0 aliphatic rings. The molecule has 0 aliphatic heterocycles. The molecule has 0 radical (unpaired) electrons. The maximum atomic E-state index is 12.6. The molecule has 0 atom stereocenters. The molecule has 0 saturated heterocycles. The molecule has 0 bridgehead atoms. The molecule has 0 saturated carbocycles. The van der Waals surface area contributed by atoms with Gasteiger partial charge >= 0.3 is 10.1 Å². The quantitative estimate of drug-likeness (QED) is 0.206. The van der Waals surface area contributed by atoms with Crippen molar-refractivity contribution in [3.05, 3.63) is 93.1 Å². The van der Waals surface area contributed by atoms with Crippen LogP contribution in [-0.4, -0.2) is 14.3 Å². The van der Waals surface area contributed by atoms with Gasteiger partial charge in [-0.2, -0.15) is 13.7 Å². The minimum Gasteiger partial charge on any atom is -0.378 e. The summed E-state index contributed by atoms with van der Waals surface area (Å²) in [6.07, 6.45) is 1.29. The Hall–Kier alpha value is -3.16. The molecule has 0 aliphatic carbocycles. The van der Waals surface area contributed by atoms with Gasteiger partial charge < -0.3 is 9.50 Å². The van der Waals surface area contributed by atoms with Gasteiger partial charge in [-0.05, 0) is 78.1 Å². The summed E-state index contributed by atoms with van der Waals surface area (Å²) < 4.78 is 31.6. The number of rotatable bonds is 6. The van der Waals surface area contributed by atoms with Crippen molar-refractivity contribution >= 4 is 50.4 Å². The molecule has 1 N–H and O–H groups in total. The summed E-state index contributed by atoms with van der Waals surface area (Å²) in [5, 5.41) is 12.1. The molecule has 0 spiro atoms. The third kappa shape index (κ3) is 5.93. The minimum absolute atomic E-state index is 0.00819. The van der Waals surface area contributed by atoms with Crippen molar-refractivity contribution in [3.8, 4) is 11.8 Å². The number of anilines is 1. The van der Waals surface area contributed by atoms with Crippen LogP contribution < -0.4 is 9.50 Å². The predicted octanol–water partition coefficient (Wildman–Crippen LogP) is 4.91. The average Bonchev–Trinajstić information content (AvgIpc) is 2.74. The number of carbonyl (C=O) groups is 1. The van der Waals surface area contributed by atoms with E-state index in [-0.39, 0.29) is 21.8 Å². The van der Waals surface area contributed by atoms with Crippen molar-refractivity contribution in [2.75, 3.05) is 5.32 Å². The molecule has 31 heavy (non-hydrogen) atoms. The Labute approximate surface area is 194 Å². The summed E-state index contributed by atoms with van der Waals surface area (Å²) in [6.45, 7) is 1.85. The van der Waals surface area contributed by atoms with Crippen LogP contribution in [0.25, 0.3) is 6.08 Å². The first-order valence-electron chi connectivity index (χ1n) is 9.07. The van der Waals surface area contributed by atoms with Crippen LogP contribution >= 0.6 is 22.6 Å². The van der Waals surface area contributed by atoms with Gasteiger partial charge in [0.15, 0.2) is 0 Å². The molecule has 3 rings (SSSR count). The van der Waals surface area contributed by atoms with E-state index in [9.17, 15) is 18.5 Å². The lowest BCUT2D eigenvalue weighted by Gasteiger charge is -2.10. The third-order valence-corrected chi connectivity index (χ3v) is 6.16. The first kappa shape index (κ1) is 22.5. The zero-order valence-electron chi connectivity index (χ0n) is 16.4. The molecule has 0 heterocycles. The number of aryl methyl sites for hydroxylation is 1. The summed E-state index contributed by atoms with van der Waals surface area (Å²) in [5.74, 6) is -0.599. The fourth-order valence-electron chi connectivity index (χ4n) is 2.58. The van der Waals surface area contributed by atoms with Gasteiger partial charge in [0.25, 0.3) is 5.91 Å². The lowest BCUT2D eigenvalue weighted by Crippen LogP contribution is -2.14. The maximum absolute atomic E-state index is 12.6. The van der Waals surface area contributed by atoms with Crippen LogP contribution in [0, 0.1) is 21.8 Å². The molecular weight excluding hydrogens is 527 g/mol. The van der Waals surface area contributed by atoms with Gasteiger partial charge in [0.2, 0.25) is 0 Å². The summed E-state index contributed by atoms with van der Waals surface area (Å²) in [6, 6.07) is 21.5. The van der Waals surface area contributed by atoms with Gasteiger partial charge in [0.1, 0.15) is 22.3 Å². The van der Waals surface area contributed by atoms with Gasteiger partial charge in [-0.3, -0.25) is 4.79 Å². The summed E-state index contributed by atoms with van der Waals surface area (Å²) in [5.41, 5.74) is 1.55. The van der Waals surface area contributed by atoms with Crippen LogP contribution in [0.3, 0.4) is 0 Å². The van der Waals surface area contributed by atoms with Gasteiger partial charge in [-0.1, -0.05) is 35.9 Å². The van der Waals surface area contributed by atoms with E-state index in [0.717, 1.165) is 9.13 Å². The number of amides is 1. The molecule has 3 aromatic carbocycles. The van der Waals surface area contributed by atoms with Crippen molar-refractivity contribution < 1.29 is 17.4 Å². The highest BCUT2D eigenvalue weighted by molar-refractivity contribution is 14.1. The fourth-order valence-corrected chi connectivity index (χ4v) is 3.90. The van der Waals surface area contributed by atoms with Gasteiger partial charge in [-0.15, -0.1) is 0 Å². The number of hydrogen-bond donors (Lipinski definition) is 1. The van der Waals surface area contributed by atoms with E-state index in [2.05, 4.69) is 27.9 Å².